The quantitative estimate of drug-likeness (QED) is 0.816. The first-order valence-electron chi connectivity index (χ1n) is 4.20. The molecule has 0 radical (unpaired) electrons. The predicted molar refractivity (Wildman–Crippen MR) is 61.0 cm³/mol. The largest absolute Gasteiger partial charge is 0.324 e. The van der Waals surface area contributed by atoms with E-state index in [1.165, 1.54) is 6.20 Å². The number of nitrogens with zero attached hydrogens (tertiary/aromatic N) is 1. The zero-order chi connectivity index (χ0) is 10.9. The van der Waals surface area contributed by atoms with Crippen molar-refractivity contribution in [1.82, 2.24) is 4.98 Å². The van der Waals surface area contributed by atoms with Crippen LogP contribution in [0.3, 0.4) is 0 Å². The average Bonchev–Trinajstić information content (AvgIpc) is 2.12. The van der Waals surface area contributed by atoms with E-state index in [4.69, 9.17) is 40.5 Å². The molecule has 0 saturated heterocycles. The van der Waals surface area contributed by atoms with Crippen LogP contribution >= 0.6 is 34.8 Å². The minimum Gasteiger partial charge on any atom is -0.324 e. The van der Waals surface area contributed by atoms with Crippen LogP contribution in [0.5, 0.6) is 0 Å². The Kier molecular flexibility index (Phi) is 4.02. The van der Waals surface area contributed by atoms with Crippen molar-refractivity contribution in [2.75, 3.05) is 0 Å². The molecule has 1 atom stereocenters. The van der Waals surface area contributed by atoms with Crippen molar-refractivity contribution in [3.8, 4) is 0 Å². The average molecular weight is 254 g/mol. The zero-order valence-electron chi connectivity index (χ0n) is 7.89. The zero-order valence-corrected chi connectivity index (χ0v) is 10.2. The van der Waals surface area contributed by atoms with Gasteiger partial charge in [-0.3, -0.25) is 0 Å². The van der Waals surface area contributed by atoms with Gasteiger partial charge in [0.25, 0.3) is 0 Å². The molecule has 0 aliphatic heterocycles. The lowest BCUT2D eigenvalue weighted by molar-refractivity contribution is 0.514. The van der Waals surface area contributed by atoms with Crippen molar-refractivity contribution < 1.29 is 0 Å². The van der Waals surface area contributed by atoms with Crippen molar-refractivity contribution in [2.24, 2.45) is 11.7 Å². The van der Waals surface area contributed by atoms with Crippen LogP contribution in [0.25, 0.3) is 0 Å². The van der Waals surface area contributed by atoms with Gasteiger partial charge < -0.3 is 5.73 Å². The third-order valence-electron chi connectivity index (χ3n) is 2.02. The fraction of sp³-hybridized carbons (Fsp3) is 0.444. The maximum atomic E-state index is 5.98. The lowest BCUT2D eigenvalue weighted by Crippen LogP contribution is -2.18. The number of halogens is 3. The van der Waals surface area contributed by atoms with Crippen LogP contribution in [0.1, 0.15) is 25.5 Å². The van der Waals surface area contributed by atoms with Crippen LogP contribution in [-0.2, 0) is 0 Å². The van der Waals surface area contributed by atoms with Gasteiger partial charge in [-0.05, 0) is 5.92 Å². The van der Waals surface area contributed by atoms with Gasteiger partial charge in [0, 0.05) is 17.8 Å². The minimum absolute atomic E-state index is 0.226. The molecule has 1 heterocycles. The Balaban J connectivity index is 3.25. The number of aromatic nitrogens is 1. The lowest BCUT2D eigenvalue weighted by Gasteiger charge is -2.18. The van der Waals surface area contributed by atoms with E-state index < -0.39 is 0 Å². The van der Waals surface area contributed by atoms with E-state index in [-0.39, 0.29) is 17.1 Å². The van der Waals surface area contributed by atoms with E-state index in [0.717, 1.165) is 0 Å². The first-order chi connectivity index (χ1) is 6.45. The molecule has 0 bridgehead atoms. The SMILES string of the molecule is CC(C)[C@H](N)c1c(Cl)cnc(Cl)c1Cl. The second kappa shape index (κ2) is 4.67. The first kappa shape index (κ1) is 12.1. The lowest BCUT2D eigenvalue weighted by atomic mass is 9.98. The Morgan fingerprint density at radius 3 is 2.36 bits per heavy atom. The van der Waals surface area contributed by atoms with Crippen molar-refractivity contribution in [3.63, 3.8) is 0 Å². The van der Waals surface area contributed by atoms with E-state index in [2.05, 4.69) is 4.98 Å². The van der Waals surface area contributed by atoms with Crippen molar-refractivity contribution in [2.45, 2.75) is 19.9 Å². The molecule has 1 rings (SSSR count). The van der Waals surface area contributed by atoms with Crippen LogP contribution in [-0.4, -0.2) is 4.98 Å². The molecule has 5 heteroatoms. The van der Waals surface area contributed by atoms with Crippen LogP contribution < -0.4 is 5.73 Å². The van der Waals surface area contributed by atoms with Gasteiger partial charge in [-0.15, -0.1) is 0 Å². The molecule has 14 heavy (non-hydrogen) atoms. The van der Waals surface area contributed by atoms with Crippen molar-refractivity contribution >= 4 is 34.8 Å². The fourth-order valence-electron chi connectivity index (χ4n) is 1.09. The number of rotatable bonds is 2. The Bertz CT molecular complexity index is 339. The monoisotopic (exact) mass is 252 g/mol. The molecule has 2 nitrogen and oxygen atoms in total. The molecule has 1 aromatic heterocycles. The van der Waals surface area contributed by atoms with E-state index in [1.807, 2.05) is 13.8 Å². The summed E-state index contributed by atoms with van der Waals surface area (Å²) >= 11 is 17.7. The molecule has 0 amide bonds. The summed E-state index contributed by atoms with van der Waals surface area (Å²) in [6.45, 7) is 3.98. The van der Waals surface area contributed by atoms with Crippen molar-refractivity contribution in [3.05, 3.63) is 27.0 Å². The Morgan fingerprint density at radius 1 is 1.29 bits per heavy atom. The van der Waals surface area contributed by atoms with Gasteiger partial charge in [-0.25, -0.2) is 4.98 Å². The van der Waals surface area contributed by atoms with Crippen molar-refractivity contribution in [1.29, 1.82) is 0 Å². The Labute approximate surface area is 98.4 Å². The van der Waals surface area contributed by atoms with Crippen LogP contribution in [0.4, 0.5) is 0 Å². The molecule has 1 aromatic rings. The Morgan fingerprint density at radius 2 is 1.86 bits per heavy atom. The van der Waals surface area contributed by atoms with Crippen LogP contribution in [0.2, 0.25) is 15.2 Å². The summed E-state index contributed by atoms with van der Waals surface area (Å²) in [7, 11) is 0. The standard InChI is InChI=1S/C9H11Cl3N2/c1-4(2)8(13)6-5(10)3-14-9(12)7(6)11/h3-4,8H,13H2,1-2H3/t8-/m0/s1. The molecule has 2 N–H and O–H groups in total. The molecular formula is C9H11Cl3N2. The molecule has 0 unspecified atom stereocenters. The highest BCUT2D eigenvalue weighted by atomic mass is 35.5. The summed E-state index contributed by atoms with van der Waals surface area (Å²) in [5.74, 6) is 0.239. The van der Waals surface area contributed by atoms with E-state index in [9.17, 15) is 0 Å². The second-order valence-electron chi connectivity index (χ2n) is 3.39. The topological polar surface area (TPSA) is 38.9 Å². The fourth-order valence-corrected chi connectivity index (χ4v) is 1.84. The van der Waals surface area contributed by atoms with Gasteiger partial charge in [0.2, 0.25) is 0 Å². The number of hydrogen-bond donors (Lipinski definition) is 1. The molecular weight excluding hydrogens is 242 g/mol. The molecule has 0 aliphatic carbocycles. The van der Waals surface area contributed by atoms with Crippen LogP contribution in [0.15, 0.2) is 6.20 Å². The van der Waals surface area contributed by atoms with E-state index >= 15 is 0 Å². The van der Waals surface area contributed by atoms with Gasteiger partial charge in [0.1, 0.15) is 5.15 Å². The number of pyridine rings is 1. The molecule has 78 valence electrons. The van der Waals surface area contributed by atoms with Gasteiger partial charge >= 0.3 is 0 Å². The summed E-state index contributed by atoms with van der Waals surface area (Å²) in [5, 5.41) is 1.04. The van der Waals surface area contributed by atoms with Gasteiger partial charge in [-0.2, -0.15) is 0 Å². The third kappa shape index (κ3) is 2.31. The van der Waals surface area contributed by atoms with E-state index in [1.54, 1.807) is 0 Å². The second-order valence-corrected chi connectivity index (χ2v) is 4.54. The number of hydrogen-bond acceptors (Lipinski definition) is 2. The number of nitrogens with two attached hydrogens (primary N) is 1. The third-order valence-corrected chi connectivity index (χ3v) is 3.08. The highest BCUT2D eigenvalue weighted by Crippen LogP contribution is 2.35. The molecule has 0 fully saturated rings. The van der Waals surface area contributed by atoms with Gasteiger partial charge in [0.05, 0.1) is 10.0 Å². The molecule has 0 spiro atoms. The first-order valence-corrected chi connectivity index (χ1v) is 5.33. The summed E-state index contributed by atoms with van der Waals surface area (Å²) in [6.07, 6.45) is 1.47. The minimum atomic E-state index is -0.226. The maximum Gasteiger partial charge on any atom is 0.148 e. The summed E-state index contributed by atoms with van der Waals surface area (Å²) in [5.41, 5.74) is 6.62. The predicted octanol–water partition coefficient (Wildman–Crippen LogP) is 3.70. The van der Waals surface area contributed by atoms with Gasteiger partial charge in [0.15, 0.2) is 0 Å². The highest BCUT2D eigenvalue weighted by molar-refractivity contribution is 6.43. The maximum absolute atomic E-state index is 5.98. The van der Waals surface area contributed by atoms with E-state index in [0.29, 0.717) is 15.6 Å². The van der Waals surface area contributed by atoms with Gasteiger partial charge in [-0.1, -0.05) is 48.7 Å². The molecule has 0 aliphatic rings. The summed E-state index contributed by atoms with van der Waals surface area (Å²) < 4.78 is 0. The van der Waals surface area contributed by atoms with Crippen LogP contribution in [0, 0.1) is 5.92 Å². The molecule has 0 aromatic carbocycles. The highest BCUT2D eigenvalue weighted by Gasteiger charge is 2.19. The molecule has 0 saturated carbocycles. The summed E-state index contributed by atoms with van der Waals surface area (Å²) in [4.78, 5) is 3.83. The smallest absolute Gasteiger partial charge is 0.148 e. The Hall–Kier alpha value is -0.0200. The summed E-state index contributed by atoms with van der Waals surface area (Å²) in [6, 6.07) is -0.226. The normalized spacial score (nSPS) is 13.4.